The molecule has 0 saturated carbocycles. The lowest BCUT2D eigenvalue weighted by Gasteiger charge is -2.23. The maximum Gasteiger partial charge on any atom is 0.0631 e. The molecular formula is C13H25NO. The molecule has 2 nitrogen and oxygen atoms in total. The molecule has 0 aromatic carbocycles. The van der Waals surface area contributed by atoms with Gasteiger partial charge >= 0.3 is 0 Å². The van der Waals surface area contributed by atoms with E-state index >= 15 is 0 Å². The minimum atomic E-state index is 0.134. The van der Waals surface area contributed by atoms with Crippen molar-refractivity contribution in [2.45, 2.75) is 76.5 Å². The average Bonchev–Trinajstić information content (AvgIpc) is 2.41. The second kappa shape index (κ2) is 4.84. The Bertz CT molecular complexity index is 192. The first-order valence-electron chi connectivity index (χ1n) is 6.57. The van der Waals surface area contributed by atoms with Gasteiger partial charge in [-0.2, -0.15) is 0 Å². The molecule has 0 bridgehead atoms. The van der Waals surface area contributed by atoms with Gasteiger partial charge in [-0.3, -0.25) is 0 Å². The SMILES string of the molecule is CC1(C)CCC(CC2CCCCCN2)O1. The highest BCUT2D eigenvalue weighted by Crippen LogP contribution is 2.32. The summed E-state index contributed by atoms with van der Waals surface area (Å²) in [7, 11) is 0. The van der Waals surface area contributed by atoms with Crippen molar-refractivity contribution in [3.8, 4) is 0 Å². The van der Waals surface area contributed by atoms with Gasteiger partial charge in [-0.1, -0.05) is 12.8 Å². The number of hydrogen-bond acceptors (Lipinski definition) is 2. The lowest BCUT2D eigenvalue weighted by molar-refractivity contribution is -0.0221. The third-order valence-electron chi connectivity index (χ3n) is 3.76. The van der Waals surface area contributed by atoms with Gasteiger partial charge in [-0.05, 0) is 52.5 Å². The third kappa shape index (κ3) is 3.46. The molecule has 0 aromatic heterocycles. The molecule has 2 saturated heterocycles. The van der Waals surface area contributed by atoms with Crippen molar-refractivity contribution in [3.05, 3.63) is 0 Å². The van der Waals surface area contributed by atoms with E-state index in [2.05, 4.69) is 19.2 Å². The van der Waals surface area contributed by atoms with Crippen molar-refractivity contribution in [2.24, 2.45) is 0 Å². The van der Waals surface area contributed by atoms with E-state index in [1.165, 1.54) is 51.5 Å². The number of nitrogens with one attached hydrogen (secondary N) is 1. The van der Waals surface area contributed by atoms with E-state index in [4.69, 9.17) is 4.74 Å². The highest BCUT2D eigenvalue weighted by atomic mass is 16.5. The first-order chi connectivity index (χ1) is 7.16. The van der Waals surface area contributed by atoms with Gasteiger partial charge in [0, 0.05) is 6.04 Å². The molecule has 0 spiro atoms. The Hall–Kier alpha value is -0.0800. The highest BCUT2D eigenvalue weighted by Gasteiger charge is 2.32. The lowest BCUT2D eigenvalue weighted by Crippen LogP contribution is -2.32. The fourth-order valence-electron chi connectivity index (χ4n) is 2.86. The second-order valence-corrected chi connectivity index (χ2v) is 5.77. The standard InChI is InChI=1S/C13H25NO/c1-13(2)8-7-12(15-13)10-11-6-4-3-5-9-14-11/h11-12,14H,3-10H2,1-2H3. The van der Waals surface area contributed by atoms with Crippen LogP contribution in [-0.4, -0.2) is 24.3 Å². The molecule has 0 amide bonds. The lowest BCUT2D eigenvalue weighted by atomic mass is 10.0. The molecule has 2 heteroatoms. The highest BCUT2D eigenvalue weighted by molar-refractivity contribution is 4.84. The number of hydrogen-bond donors (Lipinski definition) is 1. The van der Waals surface area contributed by atoms with Crippen LogP contribution in [0.4, 0.5) is 0 Å². The Morgan fingerprint density at radius 2 is 2.07 bits per heavy atom. The van der Waals surface area contributed by atoms with Gasteiger partial charge in [0.25, 0.3) is 0 Å². The van der Waals surface area contributed by atoms with Crippen molar-refractivity contribution in [2.75, 3.05) is 6.54 Å². The van der Waals surface area contributed by atoms with Crippen LogP contribution < -0.4 is 5.32 Å². The average molecular weight is 211 g/mol. The Kier molecular flexibility index (Phi) is 3.68. The predicted molar refractivity (Wildman–Crippen MR) is 63.1 cm³/mol. The normalized spacial score (nSPS) is 36.4. The zero-order valence-corrected chi connectivity index (χ0v) is 10.2. The smallest absolute Gasteiger partial charge is 0.0631 e. The molecule has 2 aliphatic rings. The topological polar surface area (TPSA) is 21.3 Å². The molecule has 88 valence electrons. The van der Waals surface area contributed by atoms with E-state index < -0.39 is 0 Å². The van der Waals surface area contributed by atoms with Crippen LogP contribution in [0, 0.1) is 0 Å². The zero-order valence-electron chi connectivity index (χ0n) is 10.2. The number of rotatable bonds is 2. The fourth-order valence-corrected chi connectivity index (χ4v) is 2.86. The third-order valence-corrected chi connectivity index (χ3v) is 3.76. The molecule has 2 fully saturated rings. The Balaban J connectivity index is 1.76. The van der Waals surface area contributed by atoms with Crippen LogP contribution in [0.15, 0.2) is 0 Å². The van der Waals surface area contributed by atoms with Crippen molar-refractivity contribution in [1.29, 1.82) is 0 Å². The summed E-state index contributed by atoms with van der Waals surface area (Å²) in [4.78, 5) is 0. The summed E-state index contributed by atoms with van der Waals surface area (Å²) < 4.78 is 6.05. The van der Waals surface area contributed by atoms with Gasteiger partial charge in [-0.25, -0.2) is 0 Å². The first kappa shape index (κ1) is 11.4. The maximum atomic E-state index is 6.05. The fraction of sp³-hybridized carbons (Fsp3) is 1.00. The summed E-state index contributed by atoms with van der Waals surface area (Å²) in [5, 5.41) is 3.66. The van der Waals surface area contributed by atoms with Crippen LogP contribution in [0.5, 0.6) is 0 Å². The predicted octanol–water partition coefficient (Wildman–Crippen LogP) is 2.87. The van der Waals surface area contributed by atoms with Crippen LogP contribution in [0.25, 0.3) is 0 Å². The molecule has 15 heavy (non-hydrogen) atoms. The summed E-state index contributed by atoms with van der Waals surface area (Å²) in [6.07, 6.45) is 9.72. The van der Waals surface area contributed by atoms with Crippen molar-refractivity contribution >= 4 is 0 Å². The molecule has 0 radical (unpaired) electrons. The summed E-state index contributed by atoms with van der Waals surface area (Å²) in [5.74, 6) is 0. The summed E-state index contributed by atoms with van der Waals surface area (Å²) in [6, 6.07) is 0.714. The Morgan fingerprint density at radius 1 is 1.20 bits per heavy atom. The van der Waals surface area contributed by atoms with E-state index in [9.17, 15) is 0 Å². The first-order valence-corrected chi connectivity index (χ1v) is 6.57. The van der Waals surface area contributed by atoms with E-state index in [-0.39, 0.29) is 5.60 Å². The van der Waals surface area contributed by atoms with Gasteiger partial charge in [0.15, 0.2) is 0 Å². The van der Waals surface area contributed by atoms with Crippen LogP contribution in [-0.2, 0) is 4.74 Å². The quantitative estimate of drug-likeness (QED) is 0.758. The molecule has 2 unspecified atom stereocenters. The van der Waals surface area contributed by atoms with Crippen LogP contribution >= 0.6 is 0 Å². The Morgan fingerprint density at radius 3 is 2.80 bits per heavy atom. The summed E-state index contributed by atoms with van der Waals surface area (Å²) >= 11 is 0. The van der Waals surface area contributed by atoms with E-state index in [1.807, 2.05) is 0 Å². The molecule has 1 N–H and O–H groups in total. The monoisotopic (exact) mass is 211 g/mol. The van der Waals surface area contributed by atoms with Gasteiger partial charge < -0.3 is 10.1 Å². The summed E-state index contributed by atoms with van der Waals surface area (Å²) in [5.41, 5.74) is 0.134. The molecule has 0 aliphatic carbocycles. The molecule has 0 aromatic rings. The number of ether oxygens (including phenoxy) is 1. The van der Waals surface area contributed by atoms with Crippen molar-refractivity contribution < 1.29 is 4.74 Å². The van der Waals surface area contributed by atoms with E-state index in [1.54, 1.807) is 0 Å². The van der Waals surface area contributed by atoms with Gasteiger partial charge in [-0.15, -0.1) is 0 Å². The minimum Gasteiger partial charge on any atom is -0.372 e. The second-order valence-electron chi connectivity index (χ2n) is 5.77. The van der Waals surface area contributed by atoms with Crippen LogP contribution in [0.3, 0.4) is 0 Å². The van der Waals surface area contributed by atoms with Crippen molar-refractivity contribution in [3.63, 3.8) is 0 Å². The molecular weight excluding hydrogens is 186 g/mol. The Labute approximate surface area is 93.8 Å². The zero-order chi connectivity index (χ0) is 10.7. The molecule has 2 rings (SSSR count). The van der Waals surface area contributed by atoms with E-state index in [0.717, 1.165) is 0 Å². The molecule has 2 heterocycles. The molecule has 2 atom stereocenters. The van der Waals surface area contributed by atoms with Crippen LogP contribution in [0.2, 0.25) is 0 Å². The van der Waals surface area contributed by atoms with Gasteiger partial charge in [0.05, 0.1) is 11.7 Å². The largest absolute Gasteiger partial charge is 0.372 e. The van der Waals surface area contributed by atoms with Gasteiger partial charge in [0.2, 0.25) is 0 Å². The minimum absolute atomic E-state index is 0.134. The van der Waals surface area contributed by atoms with Gasteiger partial charge in [0.1, 0.15) is 0 Å². The molecule has 2 aliphatic heterocycles. The van der Waals surface area contributed by atoms with E-state index in [0.29, 0.717) is 12.1 Å². The summed E-state index contributed by atoms with van der Waals surface area (Å²) in [6.45, 7) is 5.64. The maximum absolute atomic E-state index is 6.05. The van der Waals surface area contributed by atoms with Crippen LogP contribution in [0.1, 0.15) is 58.8 Å². The van der Waals surface area contributed by atoms with Crippen molar-refractivity contribution in [1.82, 2.24) is 5.32 Å².